The minimum atomic E-state index is -5.84. The number of aryl methyl sites for hydroxylation is 1. The van der Waals surface area contributed by atoms with Crippen LogP contribution in [0.5, 0.6) is 0 Å². The summed E-state index contributed by atoms with van der Waals surface area (Å²) in [5, 5.41) is 0. The number of hydrogen-bond acceptors (Lipinski definition) is 6. The lowest BCUT2D eigenvalue weighted by molar-refractivity contribution is -0.0510. The van der Waals surface area contributed by atoms with E-state index in [1.807, 2.05) is 6.92 Å². The highest BCUT2D eigenvalue weighted by molar-refractivity contribution is 7.86. The lowest BCUT2D eigenvalue weighted by atomic mass is 10.2. The van der Waals surface area contributed by atoms with Gasteiger partial charge in [-0.1, -0.05) is 17.7 Å². The molecule has 0 saturated carbocycles. The Labute approximate surface area is 136 Å². The first-order valence-corrected chi connectivity index (χ1v) is 9.98. The van der Waals surface area contributed by atoms with Gasteiger partial charge in [0.15, 0.2) is 0 Å². The molecule has 0 unspecified atom stereocenters. The second-order valence-electron chi connectivity index (χ2n) is 3.94. The van der Waals surface area contributed by atoms with Gasteiger partial charge in [-0.3, -0.25) is 13.7 Å². The van der Waals surface area contributed by atoms with E-state index >= 15 is 0 Å². The van der Waals surface area contributed by atoms with Crippen molar-refractivity contribution < 1.29 is 52.1 Å². The standard InChI is InChI=1S/C7H8O3S.CHF3O3S.CH4O3S/c1-6-2-4-7(5-3-6)11(8,9)10;2-1(3,4)8(5,6)7;1-5(2,3)4/h2-5H,1H3,(H,8,9,10);(H,5,6,7);1H3,(H,2,3,4). The Hall–Kier alpha value is -1.26. The highest BCUT2D eigenvalue weighted by Gasteiger charge is 2.44. The van der Waals surface area contributed by atoms with Gasteiger partial charge in [0, 0.05) is 0 Å². The molecule has 15 heteroatoms. The van der Waals surface area contributed by atoms with Crippen LogP contribution in [0.1, 0.15) is 5.56 Å². The Morgan fingerprint density at radius 1 is 0.833 bits per heavy atom. The summed E-state index contributed by atoms with van der Waals surface area (Å²) in [6.07, 6.45) is 0.715. The number of rotatable bonds is 1. The molecular weight excluding hydrogens is 405 g/mol. The van der Waals surface area contributed by atoms with Crippen LogP contribution in [0.15, 0.2) is 29.2 Å². The number of halogens is 3. The molecular formula is C9H13F3O9S3. The highest BCUT2D eigenvalue weighted by Crippen LogP contribution is 2.20. The lowest BCUT2D eigenvalue weighted by Gasteiger charge is -1.97. The van der Waals surface area contributed by atoms with Crippen LogP contribution in [0, 0.1) is 6.92 Å². The van der Waals surface area contributed by atoms with E-state index in [2.05, 4.69) is 0 Å². The molecule has 0 spiro atoms. The van der Waals surface area contributed by atoms with Crippen molar-refractivity contribution in [2.45, 2.75) is 17.3 Å². The van der Waals surface area contributed by atoms with Crippen molar-refractivity contribution in [1.29, 1.82) is 0 Å². The molecule has 142 valence electrons. The van der Waals surface area contributed by atoms with Gasteiger partial charge in [-0.15, -0.1) is 0 Å². The van der Waals surface area contributed by atoms with E-state index in [1.54, 1.807) is 12.1 Å². The molecule has 0 heterocycles. The summed E-state index contributed by atoms with van der Waals surface area (Å²) in [6.45, 7) is 1.84. The molecule has 1 aromatic carbocycles. The van der Waals surface area contributed by atoms with Gasteiger partial charge in [0.1, 0.15) is 0 Å². The van der Waals surface area contributed by atoms with Crippen LogP contribution in [0.4, 0.5) is 13.2 Å². The summed E-state index contributed by atoms with van der Waals surface area (Å²) < 4.78 is 113. The van der Waals surface area contributed by atoms with Crippen molar-refractivity contribution in [1.82, 2.24) is 0 Å². The highest BCUT2D eigenvalue weighted by atomic mass is 32.2. The van der Waals surface area contributed by atoms with Crippen molar-refractivity contribution in [3.63, 3.8) is 0 Å². The van der Waals surface area contributed by atoms with E-state index in [0.717, 1.165) is 5.56 Å². The fourth-order valence-electron chi connectivity index (χ4n) is 0.710. The molecule has 0 atom stereocenters. The lowest BCUT2D eigenvalue weighted by Crippen LogP contribution is -2.21. The molecule has 0 aliphatic carbocycles. The summed E-state index contributed by atoms with van der Waals surface area (Å²) >= 11 is 0. The zero-order valence-electron chi connectivity index (χ0n) is 12.0. The van der Waals surface area contributed by atoms with Crippen LogP contribution in [0.2, 0.25) is 0 Å². The molecule has 9 nitrogen and oxygen atoms in total. The zero-order valence-corrected chi connectivity index (χ0v) is 14.4. The molecule has 3 N–H and O–H groups in total. The summed E-state index contributed by atoms with van der Waals surface area (Å²) in [5.74, 6) is 0. The maximum absolute atomic E-state index is 10.7. The third-order valence-electron chi connectivity index (χ3n) is 1.61. The third kappa shape index (κ3) is 14.3. The van der Waals surface area contributed by atoms with E-state index in [9.17, 15) is 30.0 Å². The molecule has 0 aliphatic rings. The van der Waals surface area contributed by atoms with E-state index in [0.29, 0.717) is 6.26 Å². The average Bonchev–Trinajstić information content (AvgIpc) is 2.23. The molecule has 0 bridgehead atoms. The van der Waals surface area contributed by atoms with Crippen LogP contribution in [-0.2, 0) is 30.4 Å². The van der Waals surface area contributed by atoms with E-state index in [-0.39, 0.29) is 4.90 Å². The minimum absolute atomic E-state index is 0.0666. The summed E-state index contributed by atoms with van der Waals surface area (Å²) in [5.41, 5.74) is -4.58. The van der Waals surface area contributed by atoms with Crippen LogP contribution in [0.3, 0.4) is 0 Å². The molecule has 0 aliphatic heterocycles. The SMILES string of the molecule is CS(=O)(=O)O.Cc1ccc(S(=O)(=O)O)cc1.O=S(=O)(O)C(F)(F)F. The first-order chi connectivity index (χ1) is 10.2. The topological polar surface area (TPSA) is 163 Å². The van der Waals surface area contributed by atoms with Gasteiger partial charge in [0.25, 0.3) is 20.2 Å². The molecule has 1 aromatic rings. The van der Waals surface area contributed by atoms with Crippen LogP contribution in [-0.4, -0.2) is 50.7 Å². The Morgan fingerprint density at radius 2 is 1.08 bits per heavy atom. The largest absolute Gasteiger partial charge is 0.522 e. The van der Waals surface area contributed by atoms with Crippen LogP contribution < -0.4 is 0 Å². The quantitative estimate of drug-likeness (QED) is 0.448. The molecule has 0 fully saturated rings. The molecule has 1 rings (SSSR count). The predicted octanol–water partition coefficient (Wildman–Crippen LogP) is 1.14. The minimum Gasteiger partial charge on any atom is -0.286 e. The van der Waals surface area contributed by atoms with E-state index in [1.165, 1.54) is 12.1 Å². The monoisotopic (exact) mass is 418 g/mol. The van der Waals surface area contributed by atoms with Gasteiger partial charge in [-0.05, 0) is 19.1 Å². The van der Waals surface area contributed by atoms with Crippen molar-refractivity contribution in [2.24, 2.45) is 0 Å². The van der Waals surface area contributed by atoms with Crippen LogP contribution in [0.25, 0.3) is 0 Å². The Morgan fingerprint density at radius 3 is 1.25 bits per heavy atom. The van der Waals surface area contributed by atoms with Gasteiger partial charge in [-0.25, -0.2) is 0 Å². The van der Waals surface area contributed by atoms with Gasteiger partial charge in [0.2, 0.25) is 0 Å². The van der Waals surface area contributed by atoms with Gasteiger partial charge >= 0.3 is 15.6 Å². The normalized spacial score (nSPS) is 12.3. The first-order valence-electron chi connectivity index (χ1n) is 5.25. The van der Waals surface area contributed by atoms with Gasteiger partial charge in [-0.2, -0.15) is 38.4 Å². The van der Waals surface area contributed by atoms with E-state index < -0.39 is 35.9 Å². The Balaban J connectivity index is 0. The average molecular weight is 418 g/mol. The molecule has 0 aromatic heterocycles. The zero-order chi connectivity index (χ0) is 20.0. The van der Waals surface area contributed by atoms with Gasteiger partial charge < -0.3 is 0 Å². The summed E-state index contributed by atoms with van der Waals surface area (Å²) in [7, 11) is -13.5. The smallest absolute Gasteiger partial charge is 0.286 e. The Kier molecular flexibility index (Phi) is 9.08. The third-order valence-corrected chi connectivity index (χ3v) is 3.06. The second kappa shape index (κ2) is 8.72. The fourth-order valence-corrected chi connectivity index (χ4v) is 1.19. The number of hydrogen-bond donors (Lipinski definition) is 3. The van der Waals surface area contributed by atoms with Crippen molar-refractivity contribution in [3.05, 3.63) is 29.8 Å². The molecule has 24 heavy (non-hydrogen) atoms. The van der Waals surface area contributed by atoms with Crippen molar-refractivity contribution >= 4 is 30.4 Å². The Bertz CT molecular complexity index is 814. The predicted molar refractivity (Wildman–Crippen MR) is 76.1 cm³/mol. The summed E-state index contributed by atoms with van der Waals surface area (Å²) in [6, 6.07) is 5.99. The summed E-state index contributed by atoms with van der Waals surface area (Å²) in [4.78, 5) is -0.0666. The van der Waals surface area contributed by atoms with Crippen molar-refractivity contribution in [2.75, 3.05) is 6.26 Å². The fraction of sp³-hybridized carbons (Fsp3) is 0.333. The van der Waals surface area contributed by atoms with Crippen LogP contribution >= 0.6 is 0 Å². The molecule has 0 saturated heterocycles. The second-order valence-corrected chi connectivity index (χ2v) is 8.24. The molecule has 0 radical (unpaired) electrons. The molecule has 0 amide bonds. The number of alkyl halides is 3. The van der Waals surface area contributed by atoms with E-state index in [4.69, 9.17) is 22.1 Å². The van der Waals surface area contributed by atoms with Crippen molar-refractivity contribution in [3.8, 4) is 0 Å². The number of benzene rings is 1. The maximum atomic E-state index is 10.7. The first kappa shape index (κ1) is 25.0. The maximum Gasteiger partial charge on any atom is 0.522 e. The van der Waals surface area contributed by atoms with Gasteiger partial charge in [0.05, 0.1) is 11.2 Å².